The highest BCUT2D eigenvalue weighted by Gasteiger charge is 2.08. The number of unbranched alkanes of at least 4 members (excludes halogenated alkanes) is 1. The molecule has 0 radical (unpaired) electrons. The second-order valence-electron chi connectivity index (χ2n) is 6.21. The molecule has 0 aliphatic carbocycles. The monoisotopic (exact) mass is 346 g/mol. The van der Waals surface area contributed by atoms with Crippen molar-refractivity contribution in [2.75, 3.05) is 11.9 Å². The van der Waals surface area contributed by atoms with Crippen molar-refractivity contribution in [2.24, 2.45) is 5.92 Å². The Morgan fingerprint density at radius 3 is 2.79 bits per heavy atom. The first-order valence-corrected chi connectivity index (χ1v) is 9.03. The lowest BCUT2D eigenvalue weighted by molar-refractivity contribution is 0.446. The molecule has 24 heavy (non-hydrogen) atoms. The molecule has 1 unspecified atom stereocenters. The zero-order valence-electron chi connectivity index (χ0n) is 14.6. The highest BCUT2D eigenvalue weighted by molar-refractivity contribution is 7.80. The molecule has 1 atom stereocenters. The Morgan fingerprint density at radius 1 is 1.29 bits per heavy atom. The standard InChI is InChI=1S/C19H26N2O2S/c1-4-6-7-14(5-2)12-20-19(24)21-15-8-9-16-13(3)10-18(22)23-17(16)11-15/h8-11,14H,4-7,12H2,1-3H3,(H2,20,21,24). The summed E-state index contributed by atoms with van der Waals surface area (Å²) in [7, 11) is 0. The van der Waals surface area contributed by atoms with Gasteiger partial charge in [0, 0.05) is 29.8 Å². The molecule has 1 heterocycles. The maximum Gasteiger partial charge on any atom is 0.336 e. The fourth-order valence-electron chi connectivity index (χ4n) is 2.76. The molecule has 0 fully saturated rings. The van der Waals surface area contributed by atoms with Crippen LogP contribution < -0.4 is 16.3 Å². The third-order valence-corrected chi connectivity index (χ3v) is 4.55. The first-order chi connectivity index (χ1) is 11.5. The third-order valence-electron chi connectivity index (χ3n) is 4.30. The van der Waals surface area contributed by atoms with Gasteiger partial charge in [0.25, 0.3) is 0 Å². The summed E-state index contributed by atoms with van der Waals surface area (Å²) in [5, 5.41) is 7.99. The van der Waals surface area contributed by atoms with E-state index in [1.54, 1.807) is 0 Å². The lowest BCUT2D eigenvalue weighted by Gasteiger charge is -2.17. The number of benzene rings is 1. The van der Waals surface area contributed by atoms with Gasteiger partial charge in [0.05, 0.1) is 0 Å². The van der Waals surface area contributed by atoms with Crippen molar-refractivity contribution in [3.05, 3.63) is 40.2 Å². The maximum absolute atomic E-state index is 11.5. The van der Waals surface area contributed by atoms with Crippen LogP contribution in [0.2, 0.25) is 0 Å². The quantitative estimate of drug-likeness (QED) is 0.567. The summed E-state index contributed by atoms with van der Waals surface area (Å²) in [5.74, 6) is 0.641. The molecular weight excluding hydrogens is 320 g/mol. The first-order valence-electron chi connectivity index (χ1n) is 8.62. The Labute approximate surface area is 148 Å². The zero-order chi connectivity index (χ0) is 17.5. The second kappa shape index (κ2) is 8.83. The van der Waals surface area contributed by atoms with Crippen molar-refractivity contribution in [3.63, 3.8) is 0 Å². The van der Waals surface area contributed by atoms with E-state index in [1.165, 1.54) is 25.3 Å². The molecule has 130 valence electrons. The van der Waals surface area contributed by atoms with Gasteiger partial charge in [0.2, 0.25) is 0 Å². The van der Waals surface area contributed by atoms with Gasteiger partial charge in [0.1, 0.15) is 5.58 Å². The number of nitrogens with one attached hydrogen (secondary N) is 2. The molecule has 0 saturated carbocycles. The number of hydrogen-bond donors (Lipinski definition) is 2. The number of fused-ring (bicyclic) bond motifs is 1. The Balaban J connectivity index is 1.99. The van der Waals surface area contributed by atoms with E-state index in [-0.39, 0.29) is 5.63 Å². The summed E-state index contributed by atoms with van der Waals surface area (Å²) in [6.07, 6.45) is 4.85. The third kappa shape index (κ3) is 5.06. The maximum atomic E-state index is 11.5. The minimum Gasteiger partial charge on any atom is -0.423 e. The number of rotatable bonds is 7. The summed E-state index contributed by atoms with van der Waals surface area (Å²) in [4.78, 5) is 11.5. The van der Waals surface area contributed by atoms with Crippen molar-refractivity contribution >= 4 is 34.0 Å². The van der Waals surface area contributed by atoms with Crippen LogP contribution in [0.3, 0.4) is 0 Å². The van der Waals surface area contributed by atoms with Crippen LogP contribution in [0.25, 0.3) is 11.0 Å². The van der Waals surface area contributed by atoms with Gasteiger partial charge < -0.3 is 15.1 Å². The average molecular weight is 346 g/mol. The van der Waals surface area contributed by atoms with Crippen LogP contribution in [-0.2, 0) is 0 Å². The lowest BCUT2D eigenvalue weighted by atomic mass is 9.99. The lowest BCUT2D eigenvalue weighted by Crippen LogP contribution is -2.32. The van der Waals surface area contributed by atoms with Crippen molar-refractivity contribution in [1.82, 2.24) is 5.32 Å². The largest absolute Gasteiger partial charge is 0.423 e. The highest BCUT2D eigenvalue weighted by atomic mass is 32.1. The predicted molar refractivity (Wildman–Crippen MR) is 105 cm³/mol. The fraction of sp³-hybridized carbons (Fsp3) is 0.474. The van der Waals surface area contributed by atoms with Gasteiger partial charge in [-0.1, -0.05) is 33.1 Å². The SMILES string of the molecule is CCCCC(CC)CNC(=S)Nc1ccc2c(C)cc(=O)oc2c1. The van der Waals surface area contributed by atoms with Gasteiger partial charge in [-0.2, -0.15) is 0 Å². The normalized spacial score (nSPS) is 12.1. The summed E-state index contributed by atoms with van der Waals surface area (Å²) in [6, 6.07) is 7.20. The molecule has 2 aromatic rings. The van der Waals surface area contributed by atoms with Crippen LogP contribution in [-0.4, -0.2) is 11.7 Å². The minimum absolute atomic E-state index is 0.334. The number of aryl methyl sites for hydroxylation is 1. The van der Waals surface area contributed by atoms with E-state index in [4.69, 9.17) is 16.6 Å². The summed E-state index contributed by atoms with van der Waals surface area (Å²) < 4.78 is 5.27. The van der Waals surface area contributed by atoms with Gasteiger partial charge >= 0.3 is 5.63 Å². The minimum atomic E-state index is -0.334. The molecule has 2 N–H and O–H groups in total. The molecule has 5 heteroatoms. The molecule has 0 saturated heterocycles. The Morgan fingerprint density at radius 2 is 2.08 bits per heavy atom. The van der Waals surface area contributed by atoms with E-state index in [9.17, 15) is 4.79 Å². The zero-order valence-corrected chi connectivity index (χ0v) is 15.5. The molecule has 0 spiro atoms. The van der Waals surface area contributed by atoms with Crippen molar-refractivity contribution in [1.29, 1.82) is 0 Å². The molecule has 0 bridgehead atoms. The molecule has 0 aliphatic heterocycles. The van der Waals surface area contributed by atoms with Crippen LogP contribution in [0.4, 0.5) is 5.69 Å². The molecular formula is C19H26N2O2S. The van der Waals surface area contributed by atoms with Crippen molar-refractivity contribution < 1.29 is 4.42 Å². The van der Waals surface area contributed by atoms with E-state index in [0.717, 1.165) is 29.6 Å². The van der Waals surface area contributed by atoms with E-state index >= 15 is 0 Å². The van der Waals surface area contributed by atoms with Crippen LogP contribution in [0.1, 0.15) is 45.1 Å². The van der Waals surface area contributed by atoms with E-state index in [0.29, 0.717) is 16.6 Å². The Bertz CT molecular complexity index is 755. The predicted octanol–water partition coefficient (Wildman–Crippen LogP) is 4.60. The number of thiocarbonyl (C=S) groups is 1. The van der Waals surface area contributed by atoms with E-state index in [1.807, 2.05) is 25.1 Å². The van der Waals surface area contributed by atoms with Gasteiger partial charge in [-0.15, -0.1) is 0 Å². The highest BCUT2D eigenvalue weighted by Crippen LogP contribution is 2.20. The molecule has 0 amide bonds. The average Bonchev–Trinajstić information content (AvgIpc) is 2.54. The van der Waals surface area contributed by atoms with Gasteiger partial charge in [-0.25, -0.2) is 4.79 Å². The first kappa shape index (κ1) is 18.5. The summed E-state index contributed by atoms with van der Waals surface area (Å²) in [6.45, 7) is 7.21. The number of hydrogen-bond acceptors (Lipinski definition) is 3. The Hall–Kier alpha value is -1.88. The van der Waals surface area contributed by atoms with E-state index in [2.05, 4.69) is 24.5 Å². The van der Waals surface area contributed by atoms with Crippen LogP contribution in [0, 0.1) is 12.8 Å². The molecule has 2 rings (SSSR count). The molecule has 4 nitrogen and oxygen atoms in total. The van der Waals surface area contributed by atoms with Gasteiger partial charge in [-0.05, 0) is 49.2 Å². The van der Waals surface area contributed by atoms with Crippen LogP contribution in [0.5, 0.6) is 0 Å². The molecule has 1 aromatic heterocycles. The number of anilines is 1. The summed E-state index contributed by atoms with van der Waals surface area (Å²) in [5.41, 5.74) is 1.97. The van der Waals surface area contributed by atoms with Crippen molar-refractivity contribution in [3.8, 4) is 0 Å². The van der Waals surface area contributed by atoms with Crippen LogP contribution in [0.15, 0.2) is 33.5 Å². The smallest absolute Gasteiger partial charge is 0.336 e. The van der Waals surface area contributed by atoms with Gasteiger partial charge in [-0.3, -0.25) is 0 Å². The van der Waals surface area contributed by atoms with Crippen LogP contribution >= 0.6 is 12.2 Å². The molecule has 0 aliphatic rings. The van der Waals surface area contributed by atoms with Gasteiger partial charge in [0.15, 0.2) is 5.11 Å². The van der Waals surface area contributed by atoms with E-state index < -0.39 is 0 Å². The second-order valence-corrected chi connectivity index (χ2v) is 6.62. The Kier molecular flexibility index (Phi) is 6.79. The molecule has 1 aromatic carbocycles. The topological polar surface area (TPSA) is 54.3 Å². The summed E-state index contributed by atoms with van der Waals surface area (Å²) >= 11 is 5.37. The fourth-order valence-corrected chi connectivity index (χ4v) is 2.96. The van der Waals surface area contributed by atoms with Crippen molar-refractivity contribution in [2.45, 2.75) is 46.5 Å².